The van der Waals surface area contributed by atoms with E-state index in [2.05, 4.69) is 4.98 Å². The molecule has 0 unspecified atom stereocenters. The summed E-state index contributed by atoms with van der Waals surface area (Å²) in [6.45, 7) is 0. The predicted octanol–water partition coefficient (Wildman–Crippen LogP) is 1.68. The fraction of sp³-hybridized carbons (Fsp3) is 0.182. The molecular formula is C11H11N3O4. The lowest BCUT2D eigenvalue weighted by molar-refractivity contribution is -0.382. The second-order valence-electron chi connectivity index (χ2n) is 3.89. The van der Waals surface area contributed by atoms with Gasteiger partial charge in [-0.05, 0) is 24.1 Å². The number of hydrogen-bond donors (Lipinski definition) is 3. The fourth-order valence-electron chi connectivity index (χ4n) is 1.93. The molecule has 2 rings (SSSR count). The zero-order valence-corrected chi connectivity index (χ0v) is 9.34. The maximum Gasteiger partial charge on any atom is 0.303 e. The van der Waals surface area contributed by atoms with Gasteiger partial charge in [-0.3, -0.25) is 14.9 Å². The van der Waals surface area contributed by atoms with E-state index in [1.165, 1.54) is 6.07 Å². The predicted molar refractivity (Wildman–Crippen MR) is 65.3 cm³/mol. The molecule has 0 bridgehead atoms. The number of benzene rings is 1. The number of nitrogens with one attached hydrogen (secondary N) is 1. The molecule has 2 aromatic rings. The lowest BCUT2D eigenvalue weighted by Gasteiger charge is -2.01. The third-order valence-corrected chi connectivity index (χ3v) is 2.72. The molecule has 7 nitrogen and oxygen atoms in total. The van der Waals surface area contributed by atoms with Gasteiger partial charge in [0.2, 0.25) is 0 Å². The van der Waals surface area contributed by atoms with Crippen molar-refractivity contribution >= 4 is 28.2 Å². The Balaban J connectivity index is 2.58. The van der Waals surface area contributed by atoms with Crippen LogP contribution in [0.4, 0.5) is 11.4 Å². The number of rotatable bonds is 4. The first-order valence-electron chi connectivity index (χ1n) is 5.25. The second-order valence-corrected chi connectivity index (χ2v) is 3.89. The maximum atomic E-state index is 11.0. The monoisotopic (exact) mass is 249 g/mol. The summed E-state index contributed by atoms with van der Waals surface area (Å²) in [4.78, 5) is 23.9. The first-order chi connectivity index (χ1) is 8.50. The number of aryl methyl sites for hydroxylation is 1. The van der Waals surface area contributed by atoms with E-state index in [1.54, 1.807) is 12.3 Å². The van der Waals surface area contributed by atoms with Crippen molar-refractivity contribution in [2.24, 2.45) is 0 Å². The number of carboxylic acid groups (broad SMARTS) is 1. The van der Waals surface area contributed by atoms with Crippen LogP contribution in [0.15, 0.2) is 18.3 Å². The average molecular weight is 249 g/mol. The summed E-state index contributed by atoms with van der Waals surface area (Å²) in [5.74, 6) is -0.948. The third-order valence-electron chi connectivity index (χ3n) is 2.72. The van der Waals surface area contributed by atoms with Crippen LogP contribution in [0.5, 0.6) is 0 Å². The number of aromatic nitrogens is 1. The first kappa shape index (κ1) is 11.9. The van der Waals surface area contributed by atoms with E-state index in [0.29, 0.717) is 16.5 Å². The molecule has 0 spiro atoms. The Morgan fingerprint density at radius 1 is 1.50 bits per heavy atom. The van der Waals surface area contributed by atoms with Crippen molar-refractivity contribution in [3.63, 3.8) is 0 Å². The quantitative estimate of drug-likeness (QED) is 0.432. The van der Waals surface area contributed by atoms with E-state index < -0.39 is 10.9 Å². The van der Waals surface area contributed by atoms with E-state index in [4.69, 9.17) is 10.8 Å². The Labute approximate surface area is 101 Å². The van der Waals surface area contributed by atoms with Gasteiger partial charge in [0, 0.05) is 12.6 Å². The Bertz CT molecular complexity index is 632. The van der Waals surface area contributed by atoms with E-state index in [1.807, 2.05) is 0 Å². The van der Waals surface area contributed by atoms with Gasteiger partial charge in [0.05, 0.1) is 15.8 Å². The number of carboxylic acids is 1. The number of fused-ring (bicyclic) bond motifs is 1. The molecule has 0 aliphatic heterocycles. The van der Waals surface area contributed by atoms with Gasteiger partial charge in [-0.2, -0.15) is 0 Å². The molecule has 1 aromatic heterocycles. The topological polar surface area (TPSA) is 122 Å². The van der Waals surface area contributed by atoms with Crippen LogP contribution in [-0.4, -0.2) is 21.0 Å². The minimum absolute atomic E-state index is 0.0728. The zero-order chi connectivity index (χ0) is 13.3. The van der Waals surface area contributed by atoms with Crippen molar-refractivity contribution < 1.29 is 14.8 Å². The van der Waals surface area contributed by atoms with Gasteiger partial charge < -0.3 is 15.8 Å². The van der Waals surface area contributed by atoms with E-state index in [0.717, 1.165) is 0 Å². The highest BCUT2D eigenvalue weighted by Gasteiger charge is 2.20. The number of nitro groups is 1. The molecular weight excluding hydrogens is 238 g/mol. The van der Waals surface area contributed by atoms with Gasteiger partial charge in [-0.15, -0.1) is 0 Å². The summed E-state index contributed by atoms with van der Waals surface area (Å²) in [7, 11) is 0. The van der Waals surface area contributed by atoms with E-state index in [9.17, 15) is 14.9 Å². The van der Waals surface area contributed by atoms with Crippen LogP contribution in [0.1, 0.15) is 12.0 Å². The normalized spacial score (nSPS) is 10.7. The first-order valence-corrected chi connectivity index (χ1v) is 5.25. The van der Waals surface area contributed by atoms with Gasteiger partial charge in [-0.25, -0.2) is 0 Å². The molecule has 1 heterocycles. The zero-order valence-electron chi connectivity index (χ0n) is 9.34. The maximum absolute atomic E-state index is 11.0. The number of aromatic amines is 1. The van der Waals surface area contributed by atoms with Crippen molar-refractivity contribution in [2.75, 3.05) is 5.73 Å². The van der Waals surface area contributed by atoms with Crippen molar-refractivity contribution in [3.8, 4) is 0 Å². The highest BCUT2D eigenvalue weighted by molar-refractivity contribution is 5.97. The molecule has 0 saturated heterocycles. The largest absolute Gasteiger partial charge is 0.481 e. The molecule has 18 heavy (non-hydrogen) atoms. The molecule has 7 heteroatoms. The third kappa shape index (κ3) is 1.97. The molecule has 0 radical (unpaired) electrons. The number of nitrogens with zero attached hydrogens (tertiary/aromatic N) is 1. The smallest absolute Gasteiger partial charge is 0.303 e. The molecule has 0 atom stereocenters. The molecule has 0 amide bonds. The van der Waals surface area contributed by atoms with E-state index in [-0.39, 0.29) is 24.2 Å². The number of aliphatic carboxylic acids is 1. The SMILES string of the molecule is Nc1ccc2[nH]cc(CCC(=O)O)c2c1[N+](=O)[O-]. The summed E-state index contributed by atoms with van der Waals surface area (Å²) >= 11 is 0. The van der Waals surface area contributed by atoms with E-state index >= 15 is 0 Å². The van der Waals surface area contributed by atoms with Crippen molar-refractivity contribution in [2.45, 2.75) is 12.8 Å². The van der Waals surface area contributed by atoms with Crippen LogP contribution in [0.25, 0.3) is 10.9 Å². The summed E-state index contributed by atoms with van der Waals surface area (Å²) in [6, 6.07) is 3.10. The Hall–Kier alpha value is -2.57. The summed E-state index contributed by atoms with van der Waals surface area (Å²) < 4.78 is 0. The van der Waals surface area contributed by atoms with Crippen molar-refractivity contribution in [1.82, 2.24) is 4.98 Å². The lowest BCUT2D eigenvalue weighted by Crippen LogP contribution is -1.99. The van der Waals surface area contributed by atoms with Gasteiger partial charge in [0.1, 0.15) is 5.69 Å². The number of nitrogen functional groups attached to an aromatic ring is 1. The molecule has 0 aliphatic carbocycles. The van der Waals surface area contributed by atoms with Crippen LogP contribution in [0.2, 0.25) is 0 Å². The lowest BCUT2D eigenvalue weighted by atomic mass is 10.1. The van der Waals surface area contributed by atoms with Gasteiger partial charge in [0.15, 0.2) is 0 Å². The highest BCUT2D eigenvalue weighted by Crippen LogP contribution is 2.34. The van der Waals surface area contributed by atoms with Crippen molar-refractivity contribution in [1.29, 1.82) is 0 Å². The summed E-state index contributed by atoms with van der Waals surface area (Å²) in [5, 5.41) is 20.1. The number of hydrogen-bond acceptors (Lipinski definition) is 4. The Morgan fingerprint density at radius 3 is 2.83 bits per heavy atom. The molecule has 0 saturated carbocycles. The number of nitro benzene ring substituents is 1. The van der Waals surface area contributed by atoms with Crippen LogP contribution in [-0.2, 0) is 11.2 Å². The van der Waals surface area contributed by atoms with Crippen LogP contribution in [0.3, 0.4) is 0 Å². The molecule has 4 N–H and O–H groups in total. The molecule has 1 aromatic carbocycles. The van der Waals surface area contributed by atoms with Gasteiger partial charge in [-0.1, -0.05) is 0 Å². The Kier molecular flexibility index (Phi) is 2.88. The minimum Gasteiger partial charge on any atom is -0.481 e. The number of carbonyl (C=O) groups is 1. The molecule has 0 aliphatic rings. The fourth-order valence-corrected chi connectivity index (χ4v) is 1.93. The highest BCUT2D eigenvalue weighted by atomic mass is 16.6. The number of nitrogens with two attached hydrogens (primary N) is 1. The molecule has 94 valence electrons. The van der Waals surface area contributed by atoms with Crippen molar-refractivity contribution in [3.05, 3.63) is 34.0 Å². The van der Waals surface area contributed by atoms with Crippen LogP contribution < -0.4 is 5.73 Å². The second kappa shape index (κ2) is 4.36. The standard InChI is InChI=1S/C11H11N3O4/c12-7-2-3-8-10(11(7)14(17)18)6(5-13-8)1-4-9(15)16/h2-3,5,13H,1,4,12H2,(H,15,16). The van der Waals surface area contributed by atoms with Gasteiger partial charge in [0.25, 0.3) is 0 Å². The summed E-state index contributed by atoms with van der Waals surface area (Å²) in [5.41, 5.74) is 6.67. The Morgan fingerprint density at radius 2 is 2.22 bits per heavy atom. The molecule has 0 fully saturated rings. The summed E-state index contributed by atoms with van der Waals surface area (Å²) in [6.07, 6.45) is 1.72. The van der Waals surface area contributed by atoms with Crippen LogP contribution in [0, 0.1) is 10.1 Å². The number of anilines is 1. The number of H-pyrrole nitrogens is 1. The van der Waals surface area contributed by atoms with Gasteiger partial charge >= 0.3 is 11.7 Å². The minimum atomic E-state index is -0.948. The average Bonchev–Trinajstić information content (AvgIpc) is 2.68. The van der Waals surface area contributed by atoms with Crippen LogP contribution >= 0.6 is 0 Å².